The van der Waals surface area contributed by atoms with Gasteiger partial charge in [0.25, 0.3) is 0 Å². The van der Waals surface area contributed by atoms with E-state index >= 15 is 0 Å². The zero-order valence-electron chi connectivity index (χ0n) is 11.9. The molecule has 2 aliphatic heterocycles. The molecule has 3 rings (SSSR count). The van der Waals surface area contributed by atoms with E-state index < -0.39 is 6.10 Å². The number of likely N-dealkylation sites (tertiary alicyclic amines) is 1. The Bertz CT molecular complexity index is 581. The van der Waals surface area contributed by atoms with Gasteiger partial charge in [-0.15, -0.1) is 11.8 Å². The first-order valence-electron chi connectivity index (χ1n) is 7.13. The molecule has 2 amide bonds. The molecule has 0 spiro atoms. The molecule has 118 valence electrons. The fourth-order valence-corrected chi connectivity index (χ4v) is 3.79. The zero-order chi connectivity index (χ0) is 15.7. The average molecular weight is 324 g/mol. The van der Waals surface area contributed by atoms with E-state index in [1.165, 1.54) is 28.8 Å². The second-order valence-corrected chi connectivity index (χ2v) is 6.53. The first kappa shape index (κ1) is 15.3. The molecular weight excluding hydrogens is 307 g/mol. The second-order valence-electron chi connectivity index (χ2n) is 5.57. The molecule has 1 aromatic carbocycles. The Morgan fingerprint density at radius 1 is 1.36 bits per heavy atom. The second kappa shape index (κ2) is 6.26. The maximum atomic E-state index is 13.0. The Labute approximate surface area is 132 Å². The molecule has 1 N–H and O–H groups in total. The monoisotopic (exact) mass is 324 g/mol. The van der Waals surface area contributed by atoms with Crippen molar-refractivity contribution in [3.05, 3.63) is 35.6 Å². The molecule has 7 heteroatoms. The number of aliphatic hydroxyl groups is 1. The van der Waals surface area contributed by atoms with Gasteiger partial charge in [-0.05, 0) is 24.1 Å². The Balaban J connectivity index is 1.73. The van der Waals surface area contributed by atoms with Crippen LogP contribution in [-0.4, -0.2) is 57.5 Å². The molecule has 1 aromatic rings. The summed E-state index contributed by atoms with van der Waals surface area (Å²) in [6.07, 6.45) is -0.164. The molecule has 0 radical (unpaired) electrons. The van der Waals surface area contributed by atoms with Crippen molar-refractivity contribution in [3.8, 4) is 0 Å². The molecule has 0 bridgehead atoms. The van der Waals surface area contributed by atoms with Crippen LogP contribution < -0.4 is 0 Å². The third-order valence-electron chi connectivity index (χ3n) is 4.01. The number of amides is 2. The quantitative estimate of drug-likeness (QED) is 0.901. The number of aliphatic hydroxyl groups excluding tert-OH is 1. The molecule has 2 fully saturated rings. The van der Waals surface area contributed by atoms with E-state index in [1.807, 2.05) is 0 Å². The van der Waals surface area contributed by atoms with E-state index in [1.54, 1.807) is 17.0 Å². The molecule has 0 unspecified atom stereocenters. The maximum Gasteiger partial charge on any atom is 0.242 e. The highest BCUT2D eigenvalue weighted by Crippen LogP contribution is 2.32. The molecule has 0 aromatic heterocycles. The number of β-amino-alcohol motifs (C(OH)–C–C–N with tert-alkyl or cyclic N) is 1. The predicted octanol–water partition coefficient (Wildman–Crippen LogP) is 0.993. The number of benzene rings is 1. The number of hydrogen-bond donors (Lipinski definition) is 1. The minimum atomic E-state index is -0.595. The highest BCUT2D eigenvalue weighted by atomic mass is 32.2. The van der Waals surface area contributed by atoms with E-state index in [9.17, 15) is 19.1 Å². The fraction of sp³-hybridized carbons (Fsp3) is 0.467. The van der Waals surface area contributed by atoms with Gasteiger partial charge in [0, 0.05) is 6.54 Å². The molecule has 2 aliphatic rings. The number of nitrogens with zero attached hydrogens (tertiary/aromatic N) is 2. The molecule has 5 nitrogen and oxygen atoms in total. The van der Waals surface area contributed by atoms with Crippen LogP contribution in [0.25, 0.3) is 0 Å². The number of carbonyl (C=O) groups is 2. The summed E-state index contributed by atoms with van der Waals surface area (Å²) in [5.74, 6) is 0.400. The summed E-state index contributed by atoms with van der Waals surface area (Å²) in [6.45, 7) is 0.284. The van der Waals surface area contributed by atoms with Crippen LogP contribution >= 0.6 is 11.8 Å². The number of halogens is 1. The maximum absolute atomic E-state index is 13.0. The molecule has 0 saturated carbocycles. The van der Waals surface area contributed by atoms with Gasteiger partial charge in [0.1, 0.15) is 12.4 Å². The number of hydrogen-bond acceptors (Lipinski definition) is 4. The lowest BCUT2D eigenvalue weighted by atomic mass is 10.0. The highest BCUT2D eigenvalue weighted by Gasteiger charge is 2.36. The Kier molecular flexibility index (Phi) is 4.35. The van der Waals surface area contributed by atoms with Gasteiger partial charge in [0.05, 0.1) is 23.8 Å². The van der Waals surface area contributed by atoms with E-state index in [0.29, 0.717) is 18.1 Å². The van der Waals surface area contributed by atoms with Crippen LogP contribution in [0.1, 0.15) is 18.0 Å². The first-order valence-corrected chi connectivity index (χ1v) is 8.28. The van der Waals surface area contributed by atoms with Gasteiger partial charge in [-0.3, -0.25) is 9.59 Å². The van der Waals surface area contributed by atoms with Crippen molar-refractivity contribution in [2.24, 2.45) is 0 Å². The normalized spacial score (nSPS) is 25.1. The van der Waals surface area contributed by atoms with Crippen molar-refractivity contribution < 1.29 is 19.1 Å². The summed E-state index contributed by atoms with van der Waals surface area (Å²) in [5.41, 5.74) is 0.799. The van der Waals surface area contributed by atoms with Crippen LogP contribution in [0.4, 0.5) is 4.39 Å². The number of rotatable bonds is 3. The lowest BCUT2D eigenvalue weighted by Crippen LogP contribution is -2.41. The largest absolute Gasteiger partial charge is 0.391 e. The van der Waals surface area contributed by atoms with Gasteiger partial charge in [-0.25, -0.2) is 4.39 Å². The van der Waals surface area contributed by atoms with E-state index in [-0.39, 0.29) is 36.8 Å². The third kappa shape index (κ3) is 3.10. The smallest absolute Gasteiger partial charge is 0.242 e. The topological polar surface area (TPSA) is 60.9 Å². The fourth-order valence-electron chi connectivity index (χ4n) is 2.88. The van der Waals surface area contributed by atoms with Crippen LogP contribution in [0.15, 0.2) is 24.3 Å². The average Bonchev–Trinajstić information content (AvgIpc) is 3.06. The minimum Gasteiger partial charge on any atom is -0.391 e. The van der Waals surface area contributed by atoms with Crippen LogP contribution in [-0.2, 0) is 9.59 Å². The van der Waals surface area contributed by atoms with Crippen molar-refractivity contribution in [2.75, 3.05) is 24.7 Å². The Hall–Kier alpha value is -1.60. The van der Waals surface area contributed by atoms with E-state index in [4.69, 9.17) is 0 Å². The summed E-state index contributed by atoms with van der Waals surface area (Å²) in [4.78, 5) is 27.2. The summed E-state index contributed by atoms with van der Waals surface area (Å²) in [6, 6.07) is 5.70. The van der Waals surface area contributed by atoms with E-state index in [0.717, 1.165) is 5.56 Å². The van der Waals surface area contributed by atoms with Crippen molar-refractivity contribution in [2.45, 2.75) is 18.6 Å². The molecule has 2 atom stereocenters. The van der Waals surface area contributed by atoms with Crippen LogP contribution in [0.5, 0.6) is 0 Å². The Morgan fingerprint density at radius 2 is 2.09 bits per heavy atom. The van der Waals surface area contributed by atoms with Gasteiger partial charge in [-0.2, -0.15) is 0 Å². The van der Waals surface area contributed by atoms with Crippen LogP contribution in [0.2, 0.25) is 0 Å². The summed E-state index contributed by atoms with van der Waals surface area (Å²) < 4.78 is 13.0. The Morgan fingerprint density at radius 3 is 2.73 bits per heavy atom. The molecule has 2 heterocycles. The van der Waals surface area contributed by atoms with Crippen molar-refractivity contribution in [1.29, 1.82) is 0 Å². The van der Waals surface area contributed by atoms with Crippen molar-refractivity contribution in [3.63, 3.8) is 0 Å². The van der Waals surface area contributed by atoms with Crippen molar-refractivity contribution in [1.82, 2.24) is 9.80 Å². The SMILES string of the molecule is O=C1CSCN1CC(=O)N1C[C@H](O)C[C@@H]1c1ccc(F)cc1. The summed E-state index contributed by atoms with van der Waals surface area (Å²) in [5, 5.41) is 9.90. The van der Waals surface area contributed by atoms with Crippen LogP contribution in [0, 0.1) is 5.82 Å². The molecule has 2 saturated heterocycles. The lowest BCUT2D eigenvalue weighted by Gasteiger charge is -2.27. The minimum absolute atomic E-state index is 0.0311. The summed E-state index contributed by atoms with van der Waals surface area (Å²) in [7, 11) is 0. The third-order valence-corrected chi connectivity index (χ3v) is 4.95. The first-order chi connectivity index (χ1) is 10.5. The van der Waals surface area contributed by atoms with Gasteiger partial charge < -0.3 is 14.9 Å². The summed E-state index contributed by atoms with van der Waals surface area (Å²) >= 11 is 1.49. The molecular formula is C15H17FN2O3S. The number of carbonyl (C=O) groups excluding carboxylic acids is 2. The van der Waals surface area contributed by atoms with E-state index in [2.05, 4.69) is 0 Å². The van der Waals surface area contributed by atoms with Gasteiger partial charge in [0.2, 0.25) is 11.8 Å². The highest BCUT2D eigenvalue weighted by molar-refractivity contribution is 8.00. The van der Waals surface area contributed by atoms with Crippen LogP contribution in [0.3, 0.4) is 0 Å². The van der Waals surface area contributed by atoms with Gasteiger partial charge in [-0.1, -0.05) is 12.1 Å². The molecule has 0 aliphatic carbocycles. The lowest BCUT2D eigenvalue weighted by molar-refractivity contribution is -0.138. The van der Waals surface area contributed by atoms with Gasteiger partial charge in [0.15, 0.2) is 0 Å². The predicted molar refractivity (Wildman–Crippen MR) is 80.5 cm³/mol. The molecule has 22 heavy (non-hydrogen) atoms. The standard InChI is InChI=1S/C15H17FN2O3S/c16-11-3-1-10(2-4-11)13-5-12(19)6-18(13)14(20)7-17-9-22-8-15(17)21/h1-4,12-13,19H,5-9H2/t12-,13-/m1/s1. The zero-order valence-corrected chi connectivity index (χ0v) is 12.8. The van der Waals surface area contributed by atoms with Crippen molar-refractivity contribution >= 4 is 23.6 Å². The number of thioether (sulfide) groups is 1. The van der Waals surface area contributed by atoms with Gasteiger partial charge >= 0.3 is 0 Å².